The molecule has 0 N–H and O–H groups in total. The molecule has 0 unspecified atom stereocenters. The van der Waals surface area contributed by atoms with Crippen molar-refractivity contribution in [2.45, 2.75) is 20.8 Å². The fourth-order valence-electron chi connectivity index (χ4n) is 1.99. The monoisotopic (exact) mass is 269 g/mol. The highest BCUT2D eigenvalue weighted by molar-refractivity contribution is 6.09. The number of carbonyl (C=O) groups excluding carboxylic acids is 1. The minimum atomic E-state index is 0.0682. The highest BCUT2D eigenvalue weighted by Crippen LogP contribution is 2.21. The molecule has 2 nitrogen and oxygen atoms in total. The van der Waals surface area contributed by atoms with Gasteiger partial charge in [0.05, 0.1) is 0 Å². The topological polar surface area (TPSA) is 20.3 Å². The second kappa shape index (κ2) is 7.49. The quantitative estimate of drug-likeness (QED) is 0.773. The van der Waals surface area contributed by atoms with Crippen molar-refractivity contribution in [3.63, 3.8) is 0 Å². The molecule has 2 rings (SSSR count). The van der Waals surface area contributed by atoms with Crippen LogP contribution in [0.4, 0.5) is 5.69 Å². The zero-order valence-electron chi connectivity index (χ0n) is 13.0. The standard InChI is InChI=1S/C16H17NO.C2H6/c1-12-9-10-14(11-15(12)17(2)3)16(18)13-7-5-4-6-8-13;1-2/h4-11H,1-3H3;1-2H3. The maximum atomic E-state index is 12.3. The average molecular weight is 269 g/mol. The number of hydrogen-bond donors (Lipinski definition) is 0. The molecule has 0 fully saturated rings. The number of rotatable bonds is 3. The van der Waals surface area contributed by atoms with Gasteiger partial charge in [-0.2, -0.15) is 0 Å². The maximum Gasteiger partial charge on any atom is 0.193 e. The first-order chi connectivity index (χ1) is 9.59. The fourth-order valence-corrected chi connectivity index (χ4v) is 1.99. The summed E-state index contributed by atoms with van der Waals surface area (Å²) in [5.41, 5.74) is 3.71. The molecule has 0 aromatic heterocycles. The van der Waals surface area contributed by atoms with E-state index in [9.17, 15) is 4.79 Å². The highest BCUT2D eigenvalue weighted by atomic mass is 16.1. The first kappa shape index (κ1) is 16.0. The van der Waals surface area contributed by atoms with Crippen LogP contribution in [-0.2, 0) is 0 Å². The third-order valence-corrected chi connectivity index (χ3v) is 2.99. The maximum absolute atomic E-state index is 12.3. The van der Waals surface area contributed by atoms with Gasteiger partial charge in [-0.05, 0) is 18.6 Å². The van der Waals surface area contributed by atoms with E-state index in [1.807, 2.05) is 88.3 Å². The van der Waals surface area contributed by atoms with Crippen LogP contribution >= 0.6 is 0 Å². The van der Waals surface area contributed by atoms with Crippen molar-refractivity contribution in [2.75, 3.05) is 19.0 Å². The molecule has 20 heavy (non-hydrogen) atoms. The molecule has 0 heterocycles. The Bertz CT molecular complexity index is 559. The Morgan fingerprint density at radius 3 is 2.05 bits per heavy atom. The van der Waals surface area contributed by atoms with Crippen molar-refractivity contribution in [3.8, 4) is 0 Å². The van der Waals surface area contributed by atoms with E-state index in [0.717, 1.165) is 16.8 Å². The second-order valence-corrected chi connectivity index (χ2v) is 4.59. The molecule has 0 bridgehead atoms. The van der Waals surface area contributed by atoms with E-state index in [0.29, 0.717) is 0 Å². The molecule has 0 amide bonds. The van der Waals surface area contributed by atoms with Gasteiger partial charge in [0.15, 0.2) is 5.78 Å². The number of nitrogens with zero attached hydrogens (tertiary/aromatic N) is 1. The van der Waals surface area contributed by atoms with Gasteiger partial charge in [0.1, 0.15) is 0 Å². The number of hydrogen-bond acceptors (Lipinski definition) is 2. The minimum Gasteiger partial charge on any atom is -0.377 e. The molecule has 2 aromatic carbocycles. The predicted octanol–water partition coefficient (Wildman–Crippen LogP) is 4.32. The molecule has 0 aliphatic carbocycles. The molecule has 2 aromatic rings. The Kier molecular flexibility index (Phi) is 5.98. The first-order valence-electron chi connectivity index (χ1n) is 6.97. The zero-order chi connectivity index (χ0) is 15.1. The minimum absolute atomic E-state index is 0.0682. The largest absolute Gasteiger partial charge is 0.377 e. The van der Waals surface area contributed by atoms with E-state index in [4.69, 9.17) is 0 Å². The SMILES string of the molecule is CC.Cc1ccc(C(=O)c2ccccc2)cc1N(C)C. The molecule has 106 valence electrons. The van der Waals surface area contributed by atoms with Crippen LogP contribution in [0.2, 0.25) is 0 Å². The summed E-state index contributed by atoms with van der Waals surface area (Å²) in [6, 6.07) is 15.2. The van der Waals surface area contributed by atoms with E-state index < -0.39 is 0 Å². The summed E-state index contributed by atoms with van der Waals surface area (Å²) < 4.78 is 0. The smallest absolute Gasteiger partial charge is 0.193 e. The summed E-state index contributed by atoms with van der Waals surface area (Å²) in [5, 5.41) is 0. The summed E-state index contributed by atoms with van der Waals surface area (Å²) in [6.07, 6.45) is 0. The fraction of sp³-hybridized carbons (Fsp3) is 0.278. The van der Waals surface area contributed by atoms with Crippen LogP contribution in [-0.4, -0.2) is 19.9 Å². The van der Waals surface area contributed by atoms with Gasteiger partial charge in [0.25, 0.3) is 0 Å². The van der Waals surface area contributed by atoms with E-state index in [2.05, 4.69) is 0 Å². The molecule has 0 saturated heterocycles. The van der Waals surface area contributed by atoms with Crippen LogP contribution < -0.4 is 4.90 Å². The van der Waals surface area contributed by atoms with Crippen molar-refractivity contribution in [1.29, 1.82) is 0 Å². The molecule has 0 atom stereocenters. The number of benzene rings is 2. The van der Waals surface area contributed by atoms with E-state index in [1.54, 1.807) is 0 Å². The number of aryl methyl sites for hydroxylation is 1. The molecule has 2 heteroatoms. The van der Waals surface area contributed by atoms with Crippen molar-refractivity contribution in [2.24, 2.45) is 0 Å². The van der Waals surface area contributed by atoms with Crippen molar-refractivity contribution < 1.29 is 4.79 Å². The lowest BCUT2D eigenvalue weighted by atomic mass is 10.0. The van der Waals surface area contributed by atoms with Gasteiger partial charge >= 0.3 is 0 Å². The number of carbonyl (C=O) groups is 1. The molecule has 0 aliphatic rings. The van der Waals surface area contributed by atoms with Gasteiger partial charge in [-0.1, -0.05) is 56.3 Å². The van der Waals surface area contributed by atoms with Crippen LogP contribution in [0.15, 0.2) is 48.5 Å². The van der Waals surface area contributed by atoms with Gasteiger partial charge in [-0.25, -0.2) is 0 Å². The zero-order valence-corrected chi connectivity index (χ0v) is 13.0. The number of anilines is 1. The first-order valence-corrected chi connectivity index (χ1v) is 6.97. The number of ketones is 1. The van der Waals surface area contributed by atoms with E-state index >= 15 is 0 Å². The summed E-state index contributed by atoms with van der Waals surface area (Å²) >= 11 is 0. The van der Waals surface area contributed by atoms with Gasteiger partial charge in [-0.15, -0.1) is 0 Å². The summed E-state index contributed by atoms with van der Waals surface area (Å²) in [5.74, 6) is 0.0682. The highest BCUT2D eigenvalue weighted by Gasteiger charge is 2.10. The Morgan fingerprint density at radius 2 is 1.50 bits per heavy atom. The molecular weight excluding hydrogens is 246 g/mol. The van der Waals surface area contributed by atoms with Crippen LogP contribution in [0.25, 0.3) is 0 Å². The molecule has 0 spiro atoms. The molecular formula is C18H23NO. The summed E-state index contributed by atoms with van der Waals surface area (Å²) in [6.45, 7) is 6.05. The Balaban J connectivity index is 0.000000956. The van der Waals surface area contributed by atoms with Gasteiger partial charge < -0.3 is 4.90 Å². The lowest BCUT2D eigenvalue weighted by molar-refractivity contribution is 0.103. The third-order valence-electron chi connectivity index (χ3n) is 2.99. The third kappa shape index (κ3) is 3.70. The Labute approximate surface area is 122 Å². The predicted molar refractivity (Wildman–Crippen MR) is 86.7 cm³/mol. The normalized spacial score (nSPS) is 9.45. The second-order valence-electron chi connectivity index (χ2n) is 4.59. The average Bonchev–Trinajstić information content (AvgIpc) is 2.49. The van der Waals surface area contributed by atoms with Crippen molar-refractivity contribution in [1.82, 2.24) is 0 Å². The summed E-state index contributed by atoms with van der Waals surface area (Å²) in [4.78, 5) is 14.3. The summed E-state index contributed by atoms with van der Waals surface area (Å²) in [7, 11) is 3.97. The Hall–Kier alpha value is -2.09. The van der Waals surface area contributed by atoms with Crippen LogP contribution in [0.5, 0.6) is 0 Å². The van der Waals surface area contributed by atoms with Crippen LogP contribution in [0.1, 0.15) is 35.3 Å². The lowest BCUT2D eigenvalue weighted by Crippen LogP contribution is -2.11. The molecule has 0 saturated carbocycles. The lowest BCUT2D eigenvalue weighted by Gasteiger charge is -2.16. The van der Waals surface area contributed by atoms with Gasteiger partial charge in [0, 0.05) is 30.9 Å². The van der Waals surface area contributed by atoms with Crippen LogP contribution in [0.3, 0.4) is 0 Å². The van der Waals surface area contributed by atoms with E-state index in [-0.39, 0.29) is 5.78 Å². The van der Waals surface area contributed by atoms with E-state index in [1.165, 1.54) is 5.56 Å². The Morgan fingerprint density at radius 1 is 0.900 bits per heavy atom. The van der Waals surface area contributed by atoms with Gasteiger partial charge in [-0.3, -0.25) is 4.79 Å². The molecule has 0 aliphatic heterocycles. The van der Waals surface area contributed by atoms with Crippen LogP contribution in [0, 0.1) is 6.92 Å². The van der Waals surface area contributed by atoms with Gasteiger partial charge in [0.2, 0.25) is 0 Å². The molecule has 0 radical (unpaired) electrons. The van der Waals surface area contributed by atoms with Crippen molar-refractivity contribution >= 4 is 11.5 Å². The van der Waals surface area contributed by atoms with Crippen molar-refractivity contribution in [3.05, 3.63) is 65.2 Å².